The second kappa shape index (κ2) is 6.68. The van der Waals surface area contributed by atoms with Crippen molar-refractivity contribution in [1.29, 1.82) is 0 Å². The van der Waals surface area contributed by atoms with Crippen molar-refractivity contribution in [3.8, 4) is 5.75 Å². The first-order valence-corrected chi connectivity index (χ1v) is 5.69. The van der Waals surface area contributed by atoms with Crippen molar-refractivity contribution >= 4 is 6.08 Å². The number of nitro groups is 1. The van der Waals surface area contributed by atoms with E-state index in [1.807, 2.05) is 24.3 Å². The number of hydrogen-bond acceptors (Lipinski definition) is 3. The zero-order valence-electron chi connectivity index (χ0n) is 10.2. The van der Waals surface area contributed by atoms with Gasteiger partial charge < -0.3 is 4.74 Å². The Morgan fingerprint density at radius 3 is 2.82 bits per heavy atom. The Morgan fingerprint density at radius 1 is 1.47 bits per heavy atom. The molecule has 1 aromatic rings. The van der Waals surface area contributed by atoms with Crippen LogP contribution in [0.3, 0.4) is 0 Å². The largest absolute Gasteiger partial charge is 0.493 e. The van der Waals surface area contributed by atoms with Crippen LogP contribution in [0.4, 0.5) is 0 Å². The van der Waals surface area contributed by atoms with E-state index in [4.69, 9.17) is 4.74 Å². The van der Waals surface area contributed by atoms with E-state index in [-0.39, 0.29) is 5.70 Å². The van der Waals surface area contributed by atoms with Crippen molar-refractivity contribution in [3.63, 3.8) is 0 Å². The van der Waals surface area contributed by atoms with Gasteiger partial charge in [0.25, 0.3) is 0 Å². The predicted molar refractivity (Wildman–Crippen MR) is 67.5 cm³/mol. The van der Waals surface area contributed by atoms with Crippen molar-refractivity contribution in [1.82, 2.24) is 0 Å². The molecule has 0 spiro atoms. The summed E-state index contributed by atoms with van der Waals surface area (Å²) in [6.07, 6.45) is 3.57. The molecule has 0 saturated carbocycles. The maximum atomic E-state index is 10.6. The first-order chi connectivity index (χ1) is 8.15. The summed E-state index contributed by atoms with van der Waals surface area (Å²) in [7, 11) is 0. The quantitative estimate of drug-likeness (QED) is 0.430. The maximum absolute atomic E-state index is 10.6. The van der Waals surface area contributed by atoms with Gasteiger partial charge in [-0.2, -0.15) is 0 Å². The molecule has 0 unspecified atom stereocenters. The molecule has 0 radical (unpaired) electrons. The number of allylic oxidation sites excluding steroid dienone is 1. The van der Waals surface area contributed by atoms with Crippen LogP contribution in [0.25, 0.3) is 6.08 Å². The van der Waals surface area contributed by atoms with Gasteiger partial charge in [0.15, 0.2) is 0 Å². The van der Waals surface area contributed by atoms with Crippen molar-refractivity contribution < 1.29 is 9.66 Å². The van der Waals surface area contributed by atoms with Gasteiger partial charge in [-0.15, -0.1) is 0 Å². The topological polar surface area (TPSA) is 52.4 Å². The summed E-state index contributed by atoms with van der Waals surface area (Å²) in [5.41, 5.74) is 0.856. The molecule has 0 bridgehead atoms. The number of benzene rings is 1. The summed E-state index contributed by atoms with van der Waals surface area (Å²) >= 11 is 0. The lowest BCUT2D eigenvalue weighted by Gasteiger charge is -2.08. The summed E-state index contributed by atoms with van der Waals surface area (Å²) in [6, 6.07) is 7.34. The molecule has 4 heteroatoms. The van der Waals surface area contributed by atoms with Gasteiger partial charge in [0.05, 0.1) is 11.5 Å². The average Bonchev–Trinajstić information content (AvgIpc) is 2.31. The van der Waals surface area contributed by atoms with E-state index in [0.29, 0.717) is 12.4 Å². The molecule has 92 valence electrons. The molecule has 0 aromatic heterocycles. The Kier molecular flexibility index (Phi) is 5.20. The van der Waals surface area contributed by atoms with Crippen LogP contribution < -0.4 is 4.74 Å². The molecular formula is C13H17NO3. The third kappa shape index (κ3) is 4.26. The van der Waals surface area contributed by atoms with Crippen LogP contribution in [-0.4, -0.2) is 11.5 Å². The summed E-state index contributed by atoms with van der Waals surface area (Å²) < 4.78 is 5.59. The lowest BCUT2D eigenvalue weighted by atomic mass is 10.1. The Balaban J connectivity index is 2.84. The fraction of sp³-hybridized carbons (Fsp3) is 0.385. The van der Waals surface area contributed by atoms with Crippen molar-refractivity contribution in [2.45, 2.75) is 26.7 Å². The SMILES string of the molecule is CCCCOc1ccccc1/C=C(\C)[N+](=O)[O-]. The lowest BCUT2D eigenvalue weighted by Crippen LogP contribution is -1.99. The molecule has 0 fully saturated rings. The van der Waals surface area contributed by atoms with E-state index in [9.17, 15) is 10.1 Å². The average molecular weight is 235 g/mol. The molecule has 0 N–H and O–H groups in total. The molecule has 0 aliphatic carbocycles. The number of ether oxygens (including phenoxy) is 1. The monoisotopic (exact) mass is 235 g/mol. The minimum atomic E-state index is -0.400. The Hall–Kier alpha value is -1.84. The van der Waals surface area contributed by atoms with Gasteiger partial charge in [-0.25, -0.2) is 0 Å². The van der Waals surface area contributed by atoms with Crippen molar-refractivity contribution in [3.05, 3.63) is 45.6 Å². The van der Waals surface area contributed by atoms with Gasteiger partial charge in [-0.05, 0) is 12.5 Å². The second-order valence-corrected chi connectivity index (χ2v) is 3.78. The van der Waals surface area contributed by atoms with Crippen LogP contribution in [-0.2, 0) is 0 Å². The van der Waals surface area contributed by atoms with E-state index in [0.717, 1.165) is 18.4 Å². The normalized spacial score (nSPS) is 11.3. The van der Waals surface area contributed by atoms with E-state index in [1.165, 1.54) is 13.0 Å². The fourth-order valence-corrected chi connectivity index (χ4v) is 1.34. The van der Waals surface area contributed by atoms with E-state index in [2.05, 4.69) is 6.92 Å². The lowest BCUT2D eigenvalue weighted by molar-refractivity contribution is -0.422. The molecule has 17 heavy (non-hydrogen) atoms. The van der Waals surface area contributed by atoms with E-state index in [1.54, 1.807) is 0 Å². The molecule has 0 aliphatic rings. The molecule has 0 amide bonds. The van der Waals surface area contributed by atoms with Crippen LogP contribution in [0, 0.1) is 10.1 Å². The summed E-state index contributed by atoms with van der Waals surface area (Å²) in [5, 5.41) is 10.6. The standard InChI is InChI=1S/C13H17NO3/c1-3-4-9-17-13-8-6-5-7-12(13)10-11(2)14(15)16/h5-8,10H,3-4,9H2,1-2H3/b11-10+. The third-order valence-electron chi connectivity index (χ3n) is 2.33. The van der Waals surface area contributed by atoms with Crippen LogP contribution in [0.15, 0.2) is 30.0 Å². The zero-order chi connectivity index (χ0) is 12.7. The van der Waals surface area contributed by atoms with Gasteiger partial charge >= 0.3 is 0 Å². The van der Waals surface area contributed by atoms with Gasteiger partial charge in [-0.3, -0.25) is 10.1 Å². The van der Waals surface area contributed by atoms with Crippen molar-refractivity contribution in [2.75, 3.05) is 6.61 Å². The molecule has 1 aromatic carbocycles. The highest BCUT2D eigenvalue weighted by Crippen LogP contribution is 2.21. The first-order valence-electron chi connectivity index (χ1n) is 5.69. The van der Waals surface area contributed by atoms with Gasteiger partial charge in [0.2, 0.25) is 5.70 Å². The highest BCUT2D eigenvalue weighted by Gasteiger charge is 2.06. The molecular weight excluding hydrogens is 218 g/mol. The number of para-hydroxylation sites is 1. The fourth-order valence-electron chi connectivity index (χ4n) is 1.34. The Bertz CT molecular complexity index is 413. The van der Waals surface area contributed by atoms with Gasteiger partial charge in [0.1, 0.15) is 5.75 Å². The smallest absolute Gasteiger partial charge is 0.243 e. The van der Waals surface area contributed by atoms with Crippen LogP contribution in [0.2, 0.25) is 0 Å². The first kappa shape index (κ1) is 13.2. The number of unbranched alkanes of at least 4 members (excludes halogenated alkanes) is 1. The Morgan fingerprint density at radius 2 is 2.18 bits per heavy atom. The zero-order valence-corrected chi connectivity index (χ0v) is 10.2. The molecule has 0 heterocycles. The molecule has 0 saturated heterocycles. The summed E-state index contributed by atoms with van der Waals surface area (Å²) in [5.74, 6) is 0.696. The van der Waals surface area contributed by atoms with Crippen LogP contribution >= 0.6 is 0 Å². The minimum absolute atomic E-state index is 0.108. The predicted octanol–water partition coefficient (Wildman–Crippen LogP) is 3.50. The molecule has 1 rings (SSSR count). The van der Waals surface area contributed by atoms with Gasteiger partial charge in [-0.1, -0.05) is 31.5 Å². The number of hydrogen-bond donors (Lipinski definition) is 0. The number of nitrogens with zero attached hydrogens (tertiary/aromatic N) is 1. The van der Waals surface area contributed by atoms with Crippen molar-refractivity contribution in [2.24, 2.45) is 0 Å². The summed E-state index contributed by atoms with van der Waals surface area (Å²) in [4.78, 5) is 10.2. The minimum Gasteiger partial charge on any atom is -0.493 e. The molecule has 0 aliphatic heterocycles. The van der Waals surface area contributed by atoms with Crippen LogP contribution in [0.5, 0.6) is 5.75 Å². The number of rotatable bonds is 6. The third-order valence-corrected chi connectivity index (χ3v) is 2.33. The van der Waals surface area contributed by atoms with E-state index < -0.39 is 4.92 Å². The van der Waals surface area contributed by atoms with Crippen LogP contribution in [0.1, 0.15) is 32.3 Å². The second-order valence-electron chi connectivity index (χ2n) is 3.78. The highest BCUT2D eigenvalue weighted by molar-refractivity contribution is 5.58. The maximum Gasteiger partial charge on any atom is 0.243 e. The summed E-state index contributed by atoms with van der Waals surface area (Å²) in [6.45, 7) is 4.20. The Labute approximate surface area is 101 Å². The van der Waals surface area contributed by atoms with Gasteiger partial charge in [0, 0.05) is 18.6 Å². The molecule has 4 nitrogen and oxygen atoms in total. The van der Waals surface area contributed by atoms with E-state index >= 15 is 0 Å². The highest BCUT2D eigenvalue weighted by atomic mass is 16.6. The molecule has 0 atom stereocenters.